The van der Waals surface area contributed by atoms with E-state index in [0.29, 0.717) is 11.3 Å². The molecule has 1 aliphatic rings. The van der Waals surface area contributed by atoms with E-state index < -0.39 is 17.2 Å². The number of fused-ring (bicyclic) bond motifs is 1. The zero-order chi connectivity index (χ0) is 16.4. The molecule has 0 radical (unpaired) electrons. The second-order valence-corrected chi connectivity index (χ2v) is 5.42. The fourth-order valence-electron chi connectivity index (χ4n) is 2.91. The molecule has 1 aliphatic heterocycles. The Hall–Kier alpha value is -3.11. The van der Waals surface area contributed by atoms with Gasteiger partial charge in [-0.15, -0.1) is 0 Å². The first kappa shape index (κ1) is 14.8. The monoisotopic (exact) mass is 306 g/mol. The first-order chi connectivity index (χ1) is 11.1. The number of anilines is 1. The Kier molecular flexibility index (Phi) is 3.60. The predicted octanol–water partition coefficient (Wildman–Crippen LogP) is 3.14. The van der Waals surface area contributed by atoms with Crippen molar-refractivity contribution in [2.24, 2.45) is 5.11 Å². The number of carbonyl (C=O) groups excluding carboxylic acids is 2. The van der Waals surface area contributed by atoms with Gasteiger partial charge >= 0.3 is 0 Å². The zero-order valence-corrected chi connectivity index (χ0v) is 12.5. The lowest BCUT2D eigenvalue weighted by atomic mass is 9.79. The molecule has 0 saturated carbocycles. The van der Waals surface area contributed by atoms with Gasteiger partial charge in [-0.3, -0.25) is 9.59 Å². The summed E-state index contributed by atoms with van der Waals surface area (Å²) in [7, 11) is 1.58. The zero-order valence-electron chi connectivity index (χ0n) is 12.5. The number of para-hydroxylation sites is 1. The number of likely N-dealkylation sites (N-methyl/N-ethyl adjacent to an activating group) is 1. The molecule has 0 spiro atoms. The molecule has 0 fully saturated rings. The van der Waals surface area contributed by atoms with Crippen molar-refractivity contribution in [2.75, 3.05) is 11.9 Å². The normalized spacial score (nSPS) is 20.0. The third-order valence-electron chi connectivity index (χ3n) is 4.06. The van der Waals surface area contributed by atoms with E-state index >= 15 is 0 Å². The van der Waals surface area contributed by atoms with Crippen molar-refractivity contribution in [3.63, 3.8) is 0 Å². The Balaban J connectivity index is 2.18. The van der Waals surface area contributed by atoms with Crippen LogP contribution in [-0.2, 0) is 11.2 Å². The highest BCUT2D eigenvalue weighted by molar-refractivity contribution is 6.28. The second kappa shape index (κ2) is 5.59. The van der Waals surface area contributed by atoms with Crippen LogP contribution < -0.4 is 4.90 Å². The molecule has 0 saturated heterocycles. The maximum atomic E-state index is 13.0. The van der Waals surface area contributed by atoms with Crippen molar-refractivity contribution in [1.29, 1.82) is 0 Å². The molecular weight excluding hydrogens is 292 g/mol. The van der Waals surface area contributed by atoms with Gasteiger partial charge in [0.15, 0.2) is 11.3 Å². The van der Waals surface area contributed by atoms with Gasteiger partial charge in [0.1, 0.15) is 0 Å². The number of nitrogens with zero attached hydrogens (tertiary/aromatic N) is 4. The summed E-state index contributed by atoms with van der Waals surface area (Å²) >= 11 is 0. The van der Waals surface area contributed by atoms with Gasteiger partial charge in [-0.05, 0) is 23.2 Å². The number of azide groups is 1. The van der Waals surface area contributed by atoms with Gasteiger partial charge in [0.2, 0.25) is 5.91 Å². The van der Waals surface area contributed by atoms with E-state index in [1.807, 2.05) is 18.2 Å². The summed E-state index contributed by atoms with van der Waals surface area (Å²) in [6, 6.07) is 15.9. The third kappa shape index (κ3) is 2.25. The molecule has 2 aromatic rings. The van der Waals surface area contributed by atoms with Crippen molar-refractivity contribution < 1.29 is 9.59 Å². The Morgan fingerprint density at radius 2 is 1.74 bits per heavy atom. The highest BCUT2D eigenvalue weighted by Crippen LogP contribution is 2.36. The molecule has 114 valence electrons. The van der Waals surface area contributed by atoms with E-state index in [1.165, 1.54) is 4.90 Å². The topological polar surface area (TPSA) is 86.1 Å². The summed E-state index contributed by atoms with van der Waals surface area (Å²) in [5, 5.41) is 3.66. The molecule has 1 unspecified atom stereocenters. The summed E-state index contributed by atoms with van der Waals surface area (Å²) in [5.74, 6) is -0.972. The van der Waals surface area contributed by atoms with Crippen LogP contribution in [0, 0.1) is 0 Å². The lowest BCUT2D eigenvalue weighted by Crippen LogP contribution is -2.57. The smallest absolute Gasteiger partial charge is 0.247 e. The summed E-state index contributed by atoms with van der Waals surface area (Å²) in [5.41, 5.74) is 8.86. The lowest BCUT2D eigenvalue weighted by Gasteiger charge is -2.36. The van der Waals surface area contributed by atoms with Gasteiger partial charge in [0, 0.05) is 23.9 Å². The highest BCUT2D eigenvalue weighted by atomic mass is 16.2. The van der Waals surface area contributed by atoms with E-state index in [4.69, 9.17) is 5.53 Å². The number of benzene rings is 2. The van der Waals surface area contributed by atoms with Crippen molar-refractivity contribution in [2.45, 2.75) is 12.0 Å². The minimum atomic E-state index is -1.78. The minimum Gasteiger partial charge on any atom is -0.314 e. The quantitative estimate of drug-likeness (QED) is 0.377. The van der Waals surface area contributed by atoms with Crippen molar-refractivity contribution in [1.82, 2.24) is 0 Å². The maximum absolute atomic E-state index is 13.0. The van der Waals surface area contributed by atoms with E-state index in [-0.39, 0.29) is 6.42 Å². The average molecular weight is 306 g/mol. The highest BCUT2D eigenvalue weighted by Gasteiger charge is 2.51. The summed E-state index contributed by atoms with van der Waals surface area (Å²) in [6.45, 7) is 0. The van der Waals surface area contributed by atoms with Crippen LogP contribution >= 0.6 is 0 Å². The molecule has 23 heavy (non-hydrogen) atoms. The minimum absolute atomic E-state index is 0.0360. The molecule has 3 rings (SSSR count). The Bertz CT molecular complexity index is 827. The molecule has 0 bridgehead atoms. The summed E-state index contributed by atoms with van der Waals surface area (Å²) in [4.78, 5) is 30.0. The number of hydrogen-bond acceptors (Lipinski definition) is 3. The first-order valence-electron chi connectivity index (χ1n) is 7.12. The second-order valence-electron chi connectivity index (χ2n) is 5.42. The van der Waals surface area contributed by atoms with Crippen LogP contribution in [0.1, 0.15) is 15.9 Å². The van der Waals surface area contributed by atoms with Gasteiger partial charge in [0.25, 0.3) is 0 Å². The molecule has 1 amide bonds. The van der Waals surface area contributed by atoms with E-state index in [2.05, 4.69) is 10.0 Å². The molecule has 6 heteroatoms. The number of amides is 1. The maximum Gasteiger partial charge on any atom is 0.247 e. The molecule has 6 nitrogen and oxygen atoms in total. The van der Waals surface area contributed by atoms with Gasteiger partial charge < -0.3 is 4.90 Å². The molecule has 0 aromatic heterocycles. The predicted molar refractivity (Wildman–Crippen MR) is 86.2 cm³/mol. The van der Waals surface area contributed by atoms with E-state index in [9.17, 15) is 9.59 Å². The Labute approximate surface area is 133 Å². The van der Waals surface area contributed by atoms with Crippen molar-refractivity contribution in [3.05, 3.63) is 76.2 Å². The van der Waals surface area contributed by atoms with Crippen molar-refractivity contribution in [3.8, 4) is 0 Å². The van der Waals surface area contributed by atoms with Gasteiger partial charge in [0.05, 0.1) is 5.69 Å². The van der Waals surface area contributed by atoms with Crippen LogP contribution in [0.5, 0.6) is 0 Å². The molecule has 1 atom stereocenters. The Morgan fingerprint density at radius 3 is 2.43 bits per heavy atom. The van der Waals surface area contributed by atoms with Gasteiger partial charge in [-0.1, -0.05) is 47.6 Å². The van der Waals surface area contributed by atoms with Crippen LogP contribution in [-0.4, -0.2) is 24.3 Å². The molecule has 0 aliphatic carbocycles. The SMILES string of the molecule is CN1C(=O)C(Cc2ccccc2)(N=[N+]=[N-])C(=O)c2ccccc21. The fourth-order valence-corrected chi connectivity index (χ4v) is 2.91. The molecule has 1 heterocycles. The van der Waals surface area contributed by atoms with Gasteiger partial charge in [-0.2, -0.15) is 0 Å². The number of ketones is 1. The van der Waals surface area contributed by atoms with Crippen molar-refractivity contribution >= 4 is 17.4 Å². The van der Waals surface area contributed by atoms with Crippen LogP contribution in [0.25, 0.3) is 10.4 Å². The lowest BCUT2D eigenvalue weighted by molar-refractivity contribution is -0.122. The van der Waals surface area contributed by atoms with E-state index in [0.717, 1.165) is 5.56 Å². The summed E-state index contributed by atoms with van der Waals surface area (Å²) in [6.07, 6.45) is 0.0360. The number of rotatable bonds is 3. The Morgan fingerprint density at radius 1 is 1.09 bits per heavy atom. The first-order valence-corrected chi connectivity index (χ1v) is 7.12. The summed E-state index contributed by atoms with van der Waals surface area (Å²) < 4.78 is 0. The van der Waals surface area contributed by atoms with Gasteiger partial charge in [-0.25, -0.2) is 0 Å². The number of hydrogen-bond donors (Lipinski definition) is 0. The fraction of sp³-hybridized carbons (Fsp3) is 0.176. The van der Waals surface area contributed by atoms with Crippen LogP contribution in [0.4, 0.5) is 5.69 Å². The number of carbonyl (C=O) groups is 2. The largest absolute Gasteiger partial charge is 0.314 e. The standard InChI is InChI=1S/C17H14N4O2/c1-21-14-10-6-5-9-13(14)15(22)17(16(21)23,19-20-18)11-12-7-3-2-4-8-12/h2-10H,11H2,1H3. The third-order valence-corrected chi connectivity index (χ3v) is 4.06. The van der Waals surface area contributed by atoms with E-state index in [1.54, 1.807) is 43.4 Å². The molecule has 0 N–H and O–H groups in total. The molecule has 2 aromatic carbocycles. The van der Waals surface area contributed by atoms with Crippen LogP contribution in [0.3, 0.4) is 0 Å². The number of Topliss-reactive ketones (excluding diaryl/α,β-unsaturated/α-hetero) is 1. The average Bonchev–Trinajstić information content (AvgIpc) is 2.59. The van der Waals surface area contributed by atoms with Crippen LogP contribution in [0.2, 0.25) is 0 Å². The molecular formula is C17H14N4O2. The van der Waals surface area contributed by atoms with Crippen LogP contribution in [0.15, 0.2) is 59.7 Å².